The Morgan fingerprint density at radius 1 is 1.09 bits per heavy atom. The summed E-state index contributed by atoms with van der Waals surface area (Å²) in [4.78, 5) is 29.1. The van der Waals surface area contributed by atoms with E-state index in [2.05, 4.69) is 13.8 Å². The maximum atomic E-state index is 15.2. The maximum absolute atomic E-state index is 15.2. The van der Waals surface area contributed by atoms with Crippen LogP contribution >= 0.6 is 20.2 Å². The van der Waals surface area contributed by atoms with Crippen LogP contribution < -0.4 is 15.5 Å². The Morgan fingerprint density at radius 3 is 2.41 bits per heavy atom. The highest BCUT2D eigenvalue weighted by Crippen LogP contribution is 2.36. The number of halogens is 2. The van der Waals surface area contributed by atoms with Crippen molar-refractivity contribution in [3.8, 4) is 0 Å². The molecule has 1 aliphatic carbocycles. The van der Waals surface area contributed by atoms with E-state index in [1.807, 2.05) is 11.9 Å². The van der Waals surface area contributed by atoms with E-state index in [4.69, 9.17) is 17.3 Å². The minimum atomic E-state index is -0.559. The van der Waals surface area contributed by atoms with Crippen molar-refractivity contribution >= 4 is 43.4 Å². The van der Waals surface area contributed by atoms with Crippen LogP contribution in [0, 0.1) is 5.82 Å². The molecular weight excluding hydrogens is 448 g/mol. The molecule has 0 saturated carbocycles. The van der Waals surface area contributed by atoms with Gasteiger partial charge in [0, 0.05) is 31.0 Å². The Hall–Kier alpha value is -1.65. The molecule has 0 spiro atoms. The van der Waals surface area contributed by atoms with E-state index in [-0.39, 0.29) is 11.6 Å². The molecule has 178 valence electrons. The van der Waals surface area contributed by atoms with E-state index in [0.717, 1.165) is 59.6 Å². The Bertz CT molecular complexity index is 847. The minimum absolute atomic E-state index is 0.208. The number of nitrogens with zero attached hydrogens (tertiary/aromatic N) is 2. The summed E-state index contributed by atoms with van der Waals surface area (Å²) >= 11 is 6.37. The lowest BCUT2D eigenvalue weighted by Crippen LogP contribution is -2.36. The molecule has 0 heterocycles. The third kappa shape index (κ3) is 6.92. The molecule has 0 aromatic heterocycles. The van der Waals surface area contributed by atoms with E-state index >= 15 is 4.39 Å². The Morgan fingerprint density at radius 2 is 1.78 bits per heavy atom. The standard InChI is InChI=1S/C24H36ClFN3O2P/c1-4-6-7-10-13-29(24(31)18-12-9-8-11-17(18)23(27)30)22-15-21(19(25)14-20(22)26)28(3)16-32-5-2/h14-15,32H,4-13,16H2,1-3H3,(H2,27,30). The summed E-state index contributed by atoms with van der Waals surface area (Å²) in [6, 6.07) is 2.96. The van der Waals surface area contributed by atoms with Crippen molar-refractivity contribution in [2.75, 3.05) is 35.8 Å². The van der Waals surface area contributed by atoms with Crippen molar-refractivity contribution in [3.63, 3.8) is 0 Å². The Balaban J connectivity index is 2.48. The van der Waals surface area contributed by atoms with Gasteiger partial charge >= 0.3 is 0 Å². The zero-order valence-corrected chi connectivity index (χ0v) is 21.2. The van der Waals surface area contributed by atoms with Crippen molar-refractivity contribution in [1.82, 2.24) is 0 Å². The van der Waals surface area contributed by atoms with Crippen LogP contribution in [0.1, 0.15) is 65.2 Å². The van der Waals surface area contributed by atoms with Crippen LogP contribution in [0.3, 0.4) is 0 Å². The van der Waals surface area contributed by atoms with Crippen LogP contribution in [0.5, 0.6) is 0 Å². The minimum Gasteiger partial charge on any atom is -0.369 e. The number of amides is 2. The average molecular weight is 484 g/mol. The highest BCUT2D eigenvalue weighted by atomic mass is 35.5. The van der Waals surface area contributed by atoms with E-state index in [0.29, 0.717) is 41.2 Å². The molecule has 2 amide bonds. The van der Waals surface area contributed by atoms with Crippen molar-refractivity contribution < 1.29 is 14.0 Å². The Kier molecular flexibility index (Phi) is 10.9. The first kappa shape index (κ1) is 26.6. The second kappa shape index (κ2) is 13.2. The summed E-state index contributed by atoms with van der Waals surface area (Å²) in [5.74, 6) is -1.41. The summed E-state index contributed by atoms with van der Waals surface area (Å²) in [5.41, 5.74) is 7.29. The molecule has 0 aliphatic heterocycles. The zero-order chi connectivity index (χ0) is 23.7. The van der Waals surface area contributed by atoms with E-state index in [1.54, 1.807) is 6.07 Å². The van der Waals surface area contributed by atoms with Crippen LogP contribution in [-0.2, 0) is 9.59 Å². The second-order valence-electron chi connectivity index (χ2n) is 8.26. The predicted octanol–water partition coefficient (Wildman–Crippen LogP) is 5.84. The number of hydrogen-bond donors (Lipinski definition) is 1. The topological polar surface area (TPSA) is 66.6 Å². The first-order valence-electron chi connectivity index (χ1n) is 11.6. The fraction of sp³-hybridized carbons (Fsp3) is 0.583. The van der Waals surface area contributed by atoms with Gasteiger partial charge in [-0.15, -0.1) is 8.58 Å². The zero-order valence-electron chi connectivity index (χ0n) is 19.5. The van der Waals surface area contributed by atoms with E-state index < -0.39 is 11.7 Å². The van der Waals surface area contributed by atoms with Gasteiger partial charge in [-0.25, -0.2) is 4.39 Å². The van der Waals surface area contributed by atoms with Gasteiger partial charge in [0.1, 0.15) is 5.82 Å². The third-order valence-electron chi connectivity index (χ3n) is 5.82. The van der Waals surface area contributed by atoms with Crippen LogP contribution in [0.4, 0.5) is 15.8 Å². The molecule has 0 bridgehead atoms. The van der Waals surface area contributed by atoms with Gasteiger partial charge in [0.15, 0.2) is 0 Å². The summed E-state index contributed by atoms with van der Waals surface area (Å²) < 4.78 is 15.2. The monoisotopic (exact) mass is 483 g/mol. The number of hydrogen-bond acceptors (Lipinski definition) is 3. The highest BCUT2D eigenvalue weighted by molar-refractivity contribution is 7.38. The lowest BCUT2D eigenvalue weighted by molar-refractivity contribution is -0.117. The number of rotatable bonds is 12. The molecule has 1 aromatic carbocycles. The number of carbonyl (C=O) groups is 2. The van der Waals surface area contributed by atoms with Gasteiger partial charge in [-0.3, -0.25) is 9.59 Å². The lowest BCUT2D eigenvalue weighted by atomic mass is 9.90. The molecule has 5 nitrogen and oxygen atoms in total. The fourth-order valence-electron chi connectivity index (χ4n) is 3.99. The quantitative estimate of drug-likeness (QED) is 0.300. The van der Waals surface area contributed by atoms with Crippen molar-refractivity contribution in [3.05, 3.63) is 34.1 Å². The predicted molar refractivity (Wildman–Crippen MR) is 135 cm³/mol. The number of anilines is 2. The van der Waals surface area contributed by atoms with Gasteiger partial charge in [-0.05, 0) is 50.4 Å². The van der Waals surface area contributed by atoms with Gasteiger partial charge in [0.05, 0.1) is 16.4 Å². The second-order valence-corrected chi connectivity index (χ2v) is 10.2. The van der Waals surface area contributed by atoms with Crippen LogP contribution in [0.15, 0.2) is 23.3 Å². The number of primary amides is 1. The van der Waals surface area contributed by atoms with Crippen molar-refractivity contribution in [2.24, 2.45) is 5.73 Å². The molecule has 1 aliphatic rings. The smallest absolute Gasteiger partial charge is 0.254 e. The number of unbranched alkanes of at least 4 members (excludes halogenated alkanes) is 3. The molecule has 2 rings (SSSR count). The lowest BCUT2D eigenvalue weighted by Gasteiger charge is -2.29. The molecule has 0 fully saturated rings. The van der Waals surface area contributed by atoms with Crippen LogP contribution in [0.25, 0.3) is 0 Å². The molecule has 1 unspecified atom stereocenters. The van der Waals surface area contributed by atoms with Crippen LogP contribution in [0.2, 0.25) is 5.02 Å². The largest absolute Gasteiger partial charge is 0.369 e. The molecule has 1 aromatic rings. The first-order chi connectivity index (χ1) is 15.3. The molecule has 2 N–H and O–H groups in total. The molecule has 8 heteroatoms. The van der Waals surface area contributed by atoms with E-state index in [1.165, 1.54) is 11.0 Å². The molecule has 1 atom stereocenters. The fourth-order valence-corrected chi connectivity index (χ4v) is 5.02. The van der Waals surface area contributed by atoms with Gasteiger partial charge in [-0.2, -0.15) is 0 Å². The van der Waals surface area contributed by atoms with E-state index in [9.17, 15) is 9.59 Å². The average Bonchev–Trinajstić information content (AvgIpc) is 2.77. The molecule has 0 radical (unpaired) electrons. The summed E-state index contributed by atoms with van der Waals surface area (Å²) in [6.07, 6.45) is 8.30. The summed E-state index contributed by atoms with van der Waals surface area (Å²) in [7, 11) is 2.66. The number of carbonyl (C=O) groups excluding carboxylic acids is 2. The first-order valence-corrected chi connectivity index (χ1v) is 13.4. The van der Waals surface area contributed by atoms with Gasteiger partial charge < -0.3 is 15.5 Å². The van der Waals surface area contributed by atoms with Crippen molar-refractivity contribution in [1.29, 1.82) is 0 Å². The number of benzene rings is 1. The third-order valence-corrected chi connectivity index (χ3v) is 7.32. The molecular formula is C24H36ClFN3O2P. The normalized spacial score (nSPS) is 14.3. The molecule has 0 saturated heterocycles. The summed E-state index contributed by atoms with van der Waals surface area (Å²) in [6.45, 7) is 4.62. The van der Waals surface area contributed by atoms with Crippen molar-refractivity contribution in [2.45, 2.75) is 65.2 Å². The summed E-state index contributed by atoms with van der Waals surface area (Å²) in [5, 5.41) is 0.322. The van der Waals surface area contributed by atoms with Gasteiger partial charge in [0.2, 0.25) is 5.91 Å². The Labute approximate surface area is 198 Å². The SMILES string of the molecule is CCCCCCN(C(=O)C1=C(C(N)=O)CCCC1)c1cc(N(C)CPCC)c(Cl)cc1F. The van der Waals surface area contributed by atoms with Gasteiger partial charge in [-0.1, -0.05) is 44.7 Å². The highest BCUT2D eigenvalue weighted by Gasteiger charge is 2.29. The molecule has 32 heavy (non-hydrogen) atoms. The van der Waals surface area contributed by atoms with Crippen LogP contribution in [-0.4, -0.2) is 37.9 Å². The maximum Gasteiger partial charge on any atom is 0.254 e. The van der Waals surface area contributed by atoms with Gasteiger partial charge in [0.25, 0.3) is 5.91 Å². The number of nitrogens with two attached hydrogens (primary N) is 1.